The van der Waals surface area contributed by atoms with Gasteiger partial charge >= 0.3 is 0 Å². The lowest BCUT2D eigenvalue weighted by Crippen LogP contribution is -2.52. The highest BCUT2D eigenvalue weighted by Crippen LogP contribution is 2.18. The number of hydrogen-bond acceptors (Lipinski definition) is 4. The van der Waals surface area contributed by atoms with Crippen LogP contribution < -0.4 is 5.73 Å². The van der Waals surface area contributed by atoms with Crippen LogP contribution in [0.15, 0.2) is 0 Å². The van der Waals surface area contributed by atoms with Gasteiger partial charge in [-0.3, -0.25) is 0 Å². The van der Waals surface area contributed by atoms with Crippen molar-refractivity contribution in [1.82, 2.24) is 0 Å². The average Bonchev–Trinajstić information content (AvgIpc) is 1.96. The molecule has 0 aromatic heterocycles. The van der Waals surface area contributed by atoms with Gasteiger partial charge in [-0.15, -0.1) is 0 Å². The predicted octanol–water partition coefficient (Wildman–Crippen LogP) is -0.544. The molecule has 0 radical (unpaired) electrons. The largest absolute Gasteiger partial charge is 0.380 e. The van der Waals surface area contributed by atoms with Gasteiger partial charge in [-0.2, -0.15) is 0 Å². The van der Waals surface area contributed by atoms with Gasteiger partial charge in [0, 0.05) is 13.5 Å². The maximum atomic E-state index is 9.14. The third-order valence-corrected chi connectivity index (χ3v) is 2.08. The van der Waals surface area contributed by atoms with E-state index in [1.165, 1.54) is 0 Å². The lowest BCUT2D eigenvalue weighted by molar-refractivity contribution is -0.196. The van der Waals surface area contributed by atoms with Crippen LogP contribution in [0.1, 0.15) is 13.3 Å². The Bertz CT molecular complexity index is 131. The van der Waals surface area contributed by atoms with E-state index in [0.29, 0.717) is 6.42 Å². The van der Waals surface area contributed by atoms with Crippen LogP contribution in [0.5, 0.6) is 0 Å². The molecular formula is C7H15NO3. The zero-order valence-corrected chi connectivity index (χ0v) is 6.86. The molecule has 0 bridgehead atoms. The van der Waals surface area contributed by atoms with Crippen LogP contribution in [0, 0.1) is 0 Å². The summed E-state index contributed by atoms with van der Waals surface area (Å²) in [5.74, 6) is 0. The van der Waals surface area contributed by atoms with Crippen LogP contribution in [-0.2, 0) is 9.47 Å². The molecule has 1 saturated heterocycles. The maximum Gasteiger partial charge on any atom is 0.157 e. The van der Waals surface area contributed by atoms with Gasteiger partial charge in [0.05, 0.1) is 18.2 Å². The summed E-state index contributed by atoms with van der Waals surface area (Å²) in [6.45, 7) is 1.83. The highest BCUT2D eigenvalue weighted by Gasteiger charge is 2.32. The first-order valence-electron chi connectivity index (χ1n) is 3.77. The highest BCUT2D eigenvalue weighted by molar-refractivity contribution is 4.84. The van der Waals surface area contributed by atoms with E-state index in [9.17, 15) is 0 Å². The van der Waals surface area contributed by atoms with Crippen molar-refractivity contribution < 1.29 is 14.6 Å². The van der Waals surface area contributed by atoms with E-state index in [4.69, 9.17) is 20.3 Å². The number of rotatable bonds is 1. The van der Waals surface area contributed by atoms with Gasteiger partial charge in [-0.05, 0) is 6.92 Å². The SMILES string of the molecule is CO[C@@H]1CC(O)O[C@H](C)[C@H]1N. The van der Waals surface area contributed by atoms with Gasteiger partial charge in [0.1, 0.15) is 0 Å². The first-order chi connectivity index (χ1) is 5.15. The van der Waals surface area contributed by atoms with Gasteiger partial charge in [0.15, 0.2) is 6.29 Å². The molecule has 0 aromatic carbocycles. The van der Waals surface area contributed by atoms with Crippen molar-refractivity contribution in [2.75, 3.05) is 7.11 Å². The van der Waals surface area contributed by atoms with Crippen molar-refractivity contribution in [1.29, 1.82) is 0 Å². The van der Waals surface area contributed by atoms with E-state index in [1.54, 1.807) is 7.11 Å². The topological polar surface area (TPSA) is 64.7 Å². The molecule has 0 aromatic rings. The fourth-order valence-corrected chi connectivity index (χ4v) is 1.31. The quantitative estimate of drug-likeness (QED) is 0.542. The monoisotopic (exact) mass is 161 g/mol. The number of ether oxygens (including phenoxy) is 2. The highest BCUT2D eigenvalue weighted by atomic mass is 16.6. The van der Waals surface area contributed by atoms with Crippen molar-refractivity contribution in [2.24, 2.45) is 5.73 Å². The molecule has 0 saturated carbocycles. The molecule has 1 fully saturated rings. The summed E-state index contributed by atoms with van der Waals surface area (Å²) in [6, 6.07) is -0.136. The Morgan fingerprint density at radius 2 is 2.27 bits per heavy atom. The van der Waals surface area contributed by atoms with Crippen molar-refractivity contribution >= 4 is 0 Å². The summed E-state index contributed by atoms with van der Waals surface area (Å²) in [4.78, 5) is 0. The van der Waals surface area contributed by atoms with E-state index in [-0.39, 0.29) is 18.2 Å². The van der Waals surface area contributed by atoms with E-state index < -0.39 is 6.29 Å². The molecule has 66 valence electrons. The van der Waals surface area contributed by atoms with Crippen molar-refractivity contribution in [2.45, 2.75) is 37.9 Å². The second-order valence-corrected chi connectivity index (χ2v) is 2.88. The van der Waals surface area contributed by atoms with Crippen molar-refractivity contribution in [3.8, 4) is 0 Å². The molecule has 0 spiro atoms. The molecular weight excluding hydrogens is 146 g/mol. The Balaban J connectivity index is 2.51. The predicted molar refractivity (Wildman–Crippen MR) is 39.9 cm³/mol. The van der Waals surface area contributed by atoms with Gasteiger partial charge in [0.25, 0.3) is 0 Å². The van der Waals surface area contributed by atoms with Crippen LogP contribution in [0.25, 0.3) is 0 Å². The molecule has 1 aliphatic heterocycles. The van der Waals surface area contributed by atoms with Gasteiger partial charge < -0.3 is 20.3 Å². The fourth-order valence-electron chi connectivity index (χ4n) is 1.31. The first-order valence-corrected chi connectivity index (χ1v) is 3.77. The molecule has 1 unspecified atom stereocenters. The standard InChI is InChI=1S/C7H15NO3/c1-4-7(8)5(10-2)3-6(9)11-4/h4-7,9H,3,8H2,1-2H3/t4-,5-,6?,7-/m1/s1. The summed E-state index contributed by atoms with van der Waals surface area (Å²) in [5.41, 5.74) is 5.73. The third kappa shape index (κ3) is 1.90. The molecule has 0 aliphatic carbocycles. The molecule has 3 N–H and O–H groups in total. The fraction of sp³-hybridized carbons (Fsp3) is 1.00. The molecule has 4 heteroatoms. The minimum atomic E-state index is -0.727. The first kappa shape index (κ1) is 8.93. The molecule has 4 nitrogen and oxygen atoms in total. The summed E-state index contributed by atoms with van der Waals surface area (Å²) in [6.07, 6.45) is -0.491. The lowest BCUT2D eigenvalue weighted by Gasteiger charge is -2.35. The molecule has 11 heavy (non-hydrogen) atoms. The number of aliphatic hydroxyl groups excluding tert-OH is 1. The molecule has 4 atom stereocenters. The summed E-state index contributed by atoms with van der Waals surface area (Å²) >= 11 is 0. The Labute approximate surface area is 66.3 Å². The number of hydrogen-bond donors (Lipinski definition) is 2. The van der Waals surface area contributed by atoms with Crippen molar-refractivity contribution in [3.63, 3.8) is 0 Å². The van der Waals surface area contributed by atoms with Gasteiger partial charge in [-0.1, -0.05) is 0 Å². The second-order valence-electron chi connectivity index (χ2n) is 2.88. The minimum Gasteiger partial charge on any atom is -0.380 e. The number of methoxy groups -OCH3 is 1. The summed E-state index contributed by atoms with van der Waals surface area (Å²) < 4.78 is 10.2. The Hall–Kier alpha value is -0.160. The summed E-state index contributed by atoms with van der Waals surface area (Å²) in [5, 5.41) is 9.14. The number of aliphatic hydroxyl groups is 1. The van der Waals surface area contributed by atoms with Crippen LogP contribution >= 0.6 is 0 Å². The molecule has 1 aliphatic rings. The zero-order valence-electron chi connectivity index (χ0n) is 6.86. The Morgan fingerprint density at radius 3 is 2.82 bits per heavy atom. The van der Waals surface area contributed by atoms with Crippen LogP contribution in [-0.4, -0.2) is 36.8 Å². The second kappa shape index (κ2) is 3.49. The van der Waals surface area contributed by atoms with Crippen molar-refractivity contribution in [3.05, 3.63) is 0 Å². The number of nitrogens with two attached hydrogens (primary N) is 1. The van der Waals surface area contributed by atoms with E-state index in [2.05, 4.69) is 0 Å². The Kier molecular flexibility index (Phi) is 2.84. The zero-order chi connectivity index (χ0) is 8.43. The normalized spacial score (nSPS) is 45.8. The van der Waals surface area contributed by atoms with E-state index in [1.807, 2.05) is 6.92 Å². The summed E-state index contributed by atoms with van der Waals surface area (Å²) in [7, 11) is 1.59. The smallest absolute Gasteiger partial charge is 0.157 e. The van der Waals surface area contributed by atoms with Crippen LogP contribution in [0.3, 0.4) is 0 Å². The van der Waals surface area contributed by atoms with E-state index in [0.717, 1.165) is 0 Å². The van der Waals surface area contributed by atoms with Gasteiger partial charge in [-0.25, -0.2) is 0 Å². The molecule has 1 heterocycles. The lowest BCUT2D eigenvalue weighted by atomic mass is 10.0. The third-order valence-electron chi connectivity index (χ3n) is 2.08. The van der Waals surface area contributed by atoms with Crippen LogP contribution in [0.2, 0.25) is 0 Å². The molecule has 0 amide bonds. The van der Waals surface area contributed by atoms with Crippen LogP contribution in [0.4, 0.5) is 0 Å². The maximum absolute atomic E-state index is 9.14. The average molecular weight is 161 g/mol. The molecule has 1 rings (SSSR count). The van der Waals surface area contributed by atoms with Gasteiger partial charge in [0.2, 0.25) is 0 Å². The Morgan fingerprint density at radius 1 is 1.64 bits per heavy atom. The van der Waals surface area contributed by atoms with E-state index >= 15 is 0 Å². The minimum absolute atomic E-state index is 0.0891.